The number of aliphatic carboxylic acids is 1. The van der Waals surface area contributed by atoms with E-state index in [0.717, 1.165) is 12.1 Å². The highest BCUT2D eigenvalue weighted by Crippen LogP contribution is 2.38. The number of non-ortho nitro benzene ring substituents is 1. The fraction of sp³-hybridized carbons (Fsp3) is 0.462. The second kappa shape index (κ2) is 7.31. The van der Waals surface area contributed by atoms with Crippen molar-refractivity contribution in [3.63, 3.8) is 0 Å². The van der Waals surface area contributed by atoms with Crippen molar-refractivity contribution in [1.29, 1.82) is 0 Å². The van der Waals surface area contributed by atoms with Crippen molar-refractivity contribution in [2.24, 2.45) is 11.8 Å². The van der Waals surface area contributed by atoms with Gasteiger partial charge in [0.1, 0.15) is 5.82 Å². The first kappa shape index (κ1) is 20.1. The zero-order valence-electron chi connectivity index (χ0n) is 12.0. The Morgan fingerprint density at radius 1 is 1.38 bits per heavy atom. The molecule has 0 spiro atoms. The van der Waals surface area contributed by atoms with Crippen molar-refractivity contribution >= 4 is 24.1 Å². The summed E-state index contributed by atoms with van der Waals surface area (Å²) in [4.78, 5) is 21.9. The van der Waals surface area contributed by atoms with Gasteiger partial charge in [-0.05, 0) is 6.07 Å². The van der Waals surface area contributed by atoms with E-state index in [4.69, 9.17) is 5.11 Å². The number of benzene rings is 1. The molecule has 1 saturated heterocycles. The third-order valence-corrected chi connectivity index (χ3v) is 3.77. The van der Waals surface area contributed by atoms with Crippen LogP contribution in [0.15, 0.2) is 18.2 Å². The lowest BCUT2D eigenvalue weighted by Crippen LogP contribution is -2.33. The summed E-state index contributed by atoms with van der Waals surface area (Å²) in [7, 11) is 0. The molecule has 0 aliphatic carbocycles. The molecule has 0 saturated carbocycles. The lowest BCUT2D eigenvalue weighted by atomic mass is 9.96. The minimum absolute atomic E-state index is 0. The monoisotopic (exact) mass is 372 g/mol. The van der Waals surface area contributed by atoms with Crippen LogP contribution in [-0.2, 0) is 11.3 Å². The number of halogens is 5. The summed E-state index contributed by atoms with van der Waals surface area (Å²) in [5.41, 5.74) is -0.494. The third kappa shape index (κ3) is 4.32. The first-order valence-corrected chi connectivity index (χ1v) is 6.54. The van der Waals surface area contributed by atoms with Gasteiger partial charge < -0.3 is 5.11 Å². The summed E-state index contributed by atoms with van der Waals surface area (Å²) < 4.78 is 52.4. The summed E-state index contributed by atoms with van der Waals surface area (Å²) >= 11 is 0. The third-order valence-electron chi connectivity index (χ3n) is 3.77. The average molecular weight is 373 g/mol. The van der Waals surface area contributed by atoms with Crippen LogP contribution in [0.3, 0.4) is 0 Å². The number of carbonyl (C=O) groups is 1. The molecule has 1 N–H and O–H groups in total. The van der Waals surface area contributed by atoms with Crippen LogP contribution in [0.1, 0.15) is 5.56 Å². The minimum atomic E-state index is -4.66. The van der Waals surface area contributed by atoms with Crippen LogP contribution in [-0.4, -0.2) is 40.2 Å². The zero-order valence-corrected chi connectivity index (χ0v) is 12.8. The Balaban J connectivity index is 0.00000288. The molecule has 0 unspecified atom stereocenters. The van der Waals surface area contributed by atoms with Gasteiger partial charge in [-0.15, -0.1) is 12.4 Å². The van der Waals surface area contributed by atoms with E-state index >= 15 is 0 Å². The molecule has 2 rings (SSSR count). The summed E-state index contributed by atoms with van der Waals surface area (Å²) in [6, 6.07) is 2.84. The van der Waals surface area contributed by atoms with E-state index in [9.17, 15) is 32.5 Å². The minimum Gasteiger partial charge on any atom is -0.481 e. The van der Waals surface area contributed by atoms with Crippen LogP contribution in [0.5, 0.6) is 0 Å². The Morgan fingerprint density at radius 2 is 2.00 bits per heavy atom. The number of hydrogen-bond acceptors (Lipinski definition) is 4. The molecule has 6 nitrogen and oxygen atoms in total. The van der Waals surface area contributed by atoms with Crippen molar-refractivity contribution < 1.29 is 32.4 Å². The summed E-state index contributed by atoms with van der Waals surface area (Å²) in [6.45, 7) is -1.17. The fourth-order valence-electron chi connectivity index (χ4n) is 2.62. The van der Waals surface area contributed by atoms with Crippen LogP contribution in [0.25, 0.3) is 0 Å². The van der Waals surface area contributed by atoms with Gasteiger partial charge in [0.25, 0.3) is 5.69 Å². The molecule has 1 aromatic carbocycles. The second-order valence-electron chi connectivity index (χ2n) is 5.32. The predicted octanol–water partition coefficient (Wildman–Crippen LogP) is 2.85. The maximum atomic E-state index is 13.8. The van der Waals surface area contributed by atoms with Crippen LogP contribution in [0.2, 0.25) is 0 Å². The van der Waals surface area contributed by atoms with Gasteiger partial charge in [0, 0.05) is 31.3 Å². The average Bonchev–Trinajstić information content (AvgIpc) is 2.85. The number of nitrogens with zero attached hydrogens (tertiary/aromatic N) is 2. The van der Waals surface area contributed by atoms with Gasteiger partial charge in [0.05, 0.1) is 22.8 Å². The number of alkyl halides is 3. The molecule has 1 aliphatic rings. The van der Waals surface area contributed by atoms with E-state index in [2.05, 4.69) is 0 Å². The molecule has 11 heteroatoms. The van der Waals surface area contributed by atoms with Crippen molar-refractivity contribution in [3.05, 3.63) is 39.7 Å². The molecule has 1 aliphatic heterocycles. The lowest BCUT2D eigenvalue weighted by molar-refractivity contribution is -0.385. The Hall–Kier alpha value is -1.94. The Kier molecular flexibility index (Phi) is 6.12. The molecule has 0 amide bonds. The number of carboxylic acids is 1. The molecule has 24 heavy (non-hydrogen) atoms. The molecule has 0 bridgehead atoms. The highest BCUT2D eigenvalue weighted by Gasteiger charge is 2.52. The molecule has 2 atom stereocenters. The number of rotatable bonds is 4. The molecule has 1 fully saturated rings. The maximum absolute atomic E-state index is 13.8. The van der Waals surface area contributed by atoms with Gasteiger partial charge in [-0.2, -0.15) is 13.2 Å². The van der Waals surface area contributed by atoms with E-state index in [0.29, 0.717) is 6.07 Å². The number of likely N-dealkylation sites (tertiary alicyclic amines) is 1. The maximum Gasteiger partial charge on any atom is 0.393 e. The normalized spacial score (nSPS) is 21.3. The van der Waals surface area contributed by atoms with Crippen LogP contribution in [0.4, 0.5) is 23.2 Å². The smallest absolute Gasteiger partial charge is 0.393 e. The first-order chi connectivity index (χ1) is 10.6. The number of carboxylic acid groups (broad SMARTS) is 1. The highest BCUT2D eigenvalue weighted by molar-refractivity contribution is 5.85. The Morgan fingerprint density at radius 3 is 2.42 bits per heavy atom. The van der Waals surface area contributed by atoms with Crippen LogP contribution >= 0.6 is 12.4 Å². The summed E-state index contributed by atoms with van der Waals surface area (Å²) in [6.07, 6.45) is -4.66. The Labute approximate surface area is 139 Å². The molecule has 0 radical (unpaired) electrons. The fourth-order valence-corrected chi connectivity index (χ4v) is 2.62. The van der Waals surface area contributed by atoms with Gasteiger partial charge in [-0.1, -0.05) is 0 Å². The standard InChI is InChI=1S/C13H12F4N2O4.ClH/c14-11-3-8(19(22)23)2-1-7(11)4-18-5-9(12(20)21)10(6-18)13(15,16)17;/h1-3,9-10H,4-6H2,(H,20,21);1H/t9-,10-;/m1./s1. The van der Waals surface area contributed by atoms with Crippen LogP contribution in [0, 0.1) is 27.8 Å². The summed E-state index contributed by atoms with van der Waals surface area (Å²) in [5.74, 6) is -6.11. The quantitative estimate of drug-likeness (QED) is 0.499. The molecule has 1 aromatic rings. The molecule has 0 aromatic heterocycles. The topological polar surface area (TPSA) is 83.7 Å². The van der Waals surface area contributed by atoms with Crippen molar-refractivity contribution in [1.82, 2.24) is 4.90 Å². The molecular weight excluding hydrogens is 360 g/mol. The van der Waals surface area contributed by atoms with Gasteiger partial charge in [-0.25, -0.2) is 4.39 Å². The molecule has 1 heterocycles. The Bertz CT molecular complexity index is 641. The van der Waals surface area contributed by atoms with Crippen molar-refractivity contribution in [3.8, 4) is 0 Å². The molecule has 134 valence electrons. The number of nitro benzene ring substituents is 1. The molecular formula is C13H13ClF4N2O4. The highest BCUT2D eigenvalue weighted by atomic mass is 35.5. The van der Waals surface area contributed by atoms with E-state index in [1.165, 1.54) is 4.90 Å². The lowest BCUT2D eigenvalue weighted by Gasteiger charge is -2.18. The van der Waals surface area contributed by atoms with Gasteiger partial charge in [0.15, 0.2) is 0 Å². The van der Waals surface area contributed by atoms with E-state index in [1.54, 1.807) is 0 Å². The number of hydrogen-bond donors (Lipinski definition) is 1. The zero-order chi connectivity index (χ0) is 17.4. The largest absolute Gasteiger partial charge is 0.481 e. The predicted molar refractivity (Wildman–Crippen MR) is 76.3 cm³/mol. The first-order valence-electron chi connectivity index (χ1n) is 6.54. The van der Waals surface area contributed by atoms with Gasteiger partial charge >= 0.3 is 12.1 Å². The van der Waals surface area contributed by atoms with Crippen molar-refractivity contribution in [2.45, 2.75) is 12.7 Å². The second-order valence-corrected chi connectivity index (χ2v) is 5.32. The van der Waals surface area contributed by atoms with E-state index in [1.807, 2.05) is 0 Å². The van der Waals surface area contributed by atoms with E-state index in [-0.39, 0.29) is 31.1 Å². The van der Waals surface area contributed by atoms with Gasteiger partial charge in [-0.3, -0.25) is 19.8 Å². The van der Waals surface area contributed by atoms with Crippen molar-refractivity contribution in [2.75, 3.05) is 13.1 Å². The van der Waals surface area contributed by atoms with Crippen LogP contribution < -0.4 is 0 Å². The summed E-state index contributed by atoms with van der Waals surface area (Å²) in [5, 5.41) is 19.4. The number of nitro groups is 1. The van der Waals surface area contributed by atoms with Gasteiger partial charge in [0.2, 0.25) is 0 Å². The van der Waals surface area contributed by atoms with E-state index < -0.39 is 47.0 Å². The SMILES string of the molecule is Cl.O=C(O)[C@@H]1CN(Cc2ccc([N+](=O)[O-])cc2F)C[C@H]1C(F)(F)F.